The van der Waals surface area contributed by atoms with Gasteiger partial charge in [-0.1, -0.05) is 37.0 Å². The first-order valence-corrected chi connectivity index (χ1v) is 7.81. The van der Waals surface area contributed by atoms with E-state index in [9.17, 15) is 14.7 Å². The van der Waals surface area contributed by atoms with Crippen LogP contribution in [0.1, 0.15) is 11.6 Å². The zero-order valence-electron chi connectivity index (χ0n) is 13.1. The van der Waals surface area contributed by atoms with Gasteiger partial charge in [0.25, 0.3) is 5.56 Å². The van der Waals surface area contributed by atoms with Gasteiger partial charge in [0.2, 0.25) is 0 Å². The molecule has 0 spiro atoms. The maximum absolute atomic E-state index is 11.9. The molecule has 3 N–H and O–H groups in total. The summed E-state index contributed by atoms with van der Waals surface area (Å²) in [5, 5.41) is 15.1. The van der Waals surface area contributed by atoms with E-state index >= 15 is 0 Å². The summed E-state index contributed by atoms with van der Waals surface area (Å²) in [6.45, 7) is 3.89. The van der Waals surface area contributed by atoms with Crippen LogP contribution in [-0.4, -0.2) is 32.4 Å². The zero-order chi connectivity index (χ0) is 18.0. The molecule has 25 heavy (non-hydrogen) atoms. The normalized spacial score (nSPS) is 12.0. The van der Waals surface area contributed by atoms with E-state index in [1.54, 1.807) is 42.6 Å². The molecule has 3 rings (SSSR count). The minimum atomic E-state index is -1.09. The van der Waals surface area contributed by atoms with Crippen LogP contribution in [0.25, 0.3) is 10.9 Å². The summed E-state index contributed by atoms with van der Waals surface area (Å²) in [6, 6.07) is 7.26. The summed E-state index contributed by atoms with van der Waals surface area (Å²) >= 11 is 5.35. The van der Waals surface area contributed by atoms with Crippen molar-refractivity contribution >= 4 is 29.1 Å². The van der Waals surface area contributed by atoms with E-state index in [4.69, 9.17) is 17.0 Å². The Morgan fingerprint density at radius 1 is 1.40 bits per heavy atom. The third-order valence-corrected chi connectivity index (χ3v) is 4.13. The van der Waals surface area contributed by atoms with Gasteiger partial charge in [-0.15, -0.1) is 0 Å². The fourth-order valence-corrected chi connectivity index (χ4v) is 2.98. The topological polar surface area (TPSA) is 100 Å². The average Bonchev–Trinajstić information content (AvgIpc) is 2.97. The molecule has 0 radical (unpaired) electrons. The van der Waals surface area contributed by atoms with Gasteiger partial charge in [-0.3, -0.25) is 15.0 Å². The number of carboxylic acid groups (broad SMARTS) is 1. The Balaban J connectivity index is 2.14. The molecule has 0 aliphatic carbocycles. The van der Waals surface area contributed by atoms with Gasteiger partial charge >= 0.3 is 5.97 Å². The lowest BCUT2D eigenvalue weighted by Gasteiger charge is -2.18. The molecule has 3 aromatic rings. The molecule has 128 valence electrons. The zero-order valence-corrected chi connectivity index (χ0v) is 13.9. The van der Waals surface area contributed by atoms with Crippen LogP contribution < -0.4 is 10.3 Å². The summed E-state index contributed by atoms with van der Waals surface area (Å²) in [5.41, 5.74) is 0.622. The number of benzene rings is 1. The Morgan fingerprint density at radius 3 is 2.92 bits per heavy atom. The third kappa shape index (κ3) is 3.11. The summed E-state index contributed by atoms with van der Waals surface area (Å²) in [4.78, 5) is 23.8. The van der Waals surface area contributed by atoms with Gasteiger partial charge in [0.1, 0.15) is 22.4 Å². The van der Waals surface area contributed by atoms with Gasteiger partial charge in [-0.25, -0.2) is 4.79 Å². The largest absolute Gasteiger partial charge is 0.490 e. The lowest BCUT2D eigenvalue weighted by atomic mass is 10.1. The number of carboxylic acids is 1. The van der Waals surface area contributed by atoms with Crippen LogP contribution in [0.2, 0.25) is 0 Å². The Hall–Kier alpha value is -3.13. The Labute approximate surface area is 147 Å². The molecule has 0 saturated carbocycles. The molecule has 8 heteroatoms. The van der Waals surface area contributed by atoms with Crippen molar-refractivity contribution in [3.05, 3.63) is 69.7 Å². The van der Waals surface area contributed by atoms with Crippen molar-refractivity contribution in [1.82, 2.24) is 14.8 Å². The van der Waals surface area contributed by atoms with Gasteiger partial charge in [0.15, 0.2) is 6.04 Å². The molecule has 0 fully saturated rings. The number of aromatic nitrogens is 3. The second-order valence-electron chi connectivity index (χ2n) is 5.31. The maximum atomic E-state index is 11.9. The number of hydrogen-bond donors (Lipinski definition) is 3. The van der Waals surface area contributed by atoms with Crippen LogP contribution in [-0.2, 0) is 4.79 Å². The average molecular weight is 357 g/mol. The number of fused-ring (bicyclic) bond motifs is 1. The molecule has 2 heterocycles. The fraction of sp³-hybridized carbons (Fsp3) is 0.118. The maximum Gasteiger partial charge on any atom is 0.331 e. The monoisotopic (exact) mass is 357 g/mol. The van der Waals surface area contributed by atoms with Gasteiger partial charge in [-0.05, 0) is 23.8 Å². The minimum Gasteiger partial charge on any atom is -0.490 e. The fourth-order valence-electron chi connectivity index (χ4n) is 2.62. The predicted octanol–water partition coefficient (Wildman–Crippen LogP) is 2.63. The number of nitrogens with zero attached hydrogens (tertiary/aromatic N) is 1. The van der Waals surface area contributed by atoms with Crippen molar-refractivity contribution in [1.29, 1.82) is 0 Å². The molecular weight excluding hydrogens is 342 g/mol. The van der Waals surface area contributed by atoms with Crippen LogP contribution in [0.5, 0.6) is 5.75 Å². The van der Waals surface area contributed by atoms with Crippen molar-refractivity contribution in [2.75, 3.05) is 6.61 Å². The Morgan fingerprint density at radius 2 is 2.20 bits per heavy atom. The molecule has 0 saturated heterocycles. The molecule has 1 aromatic carbocycles. The van der Waals surface area contributed by atoms with E-state index in [-0.39, 0.29) is 15.6 Å². The lowest BCUT2D eigenvalue weighted by molar-refractivity contribution is -0.139. The van der Waals surface area contributed by atoms with E-state index in [1.807, 2.05) is 0 Å². The van der Waals surface area contributed by atoms with E-state index < -0.39 is 12.0 Å². The first-order valence-electron chi connectivity index (χ1n) is 7.41. The van der Waals surface area contributed by atoms with E-state index in [0.717, 1.165) is 0 Å². The number of H-pyrrole nitrogens is 2. The molecule has 0 amide bonds. The molecule has 0 aliphatic heterocycles. The van der Waals surface area contributed by atoms with E-state index in [0.29, 0.717) is 23.4 Å². The molecule has 0 bridgehead atoms. The van der Waals surface area contributed by atoms with Gasteiger partial charge in [-0.2, -0.15) is 0 Å². The van der Waals surface area contributed by atoms with Crippen LogP contribution in [0.3, 0.4) is 0 Å². The van der Waals surface area contributed by atoms with Crippen molar-refractivity contribution in [2.45, 2.75) is 6.04 Å². The summed E-state index contributed by atoms with van der Waals surface area (Å²) in [6.07, 6.45) is 3.15. The highest BCUT2D eigenvalue weighted by atomic mass is 32.1. The first kappa shape index (κ1) is 16.7. The van der Waals surface area contributed by atoms with Crippen LogP contribution in [0.15, 0.2) is 54.0 Å². The highest BCUT2D eigenvalue weighted by molar-refractivity contribution is 7.71. The molecule has 2 aromatic heterocycles. The number of hydrogen-bond acceptors (Lipinski definition) is 4. The summed E-state index contributed by atoms with van der Waals surface area (Å²) < 4.78 is 6.99. The quantitative estimate of drug-likeness (QED) is 0.465. The smallest absolute Gasteiger partial charge is 0.331 e. The second-order valence-corrected chi connectivity index (χ2v) is 5.70. The minimum absolute atomic E-state index is 0.143. The molecule has 7 nitrogen and oxygen atoms in total. The van der Waals surface area contributed by atoms with E-state index in [2.05, 4.69) is 16.8 Å². The number of aromatic amines is 2. The van der Waals surface area contributed by atoms with Crippen molar-refractivity contribution in [3.8, 4) is 5.75 Å². The highest BCUT2D eigenvalue weighted by Crippen LogP contribution is 2.25. The van der Waals surface area contributed by atoms with E-state index in [1.165, 1.54) is 4.57 Å². The Kier molecular flexibility index (Phi) is 4.53. The van der Waals surface area contributed by atoms with Gasteiger partial charge in [0, 0.05) is 6.20 Å². The van der Waals surface area contributed by atoms with Crippen LogP contribution >= 0.6 is 12.2 Å². The number of carbonyl (C=O) groups is 1. The van der Waals surface area contributed by atoms with Crippen molar-refractivity contribution in [3.63, 3.8) is 0 Å². The lowest BCUT2D eigenvalue weighted by Crippen LogP contribution is -2.21. The number of ether oxygens (including phenoxy) is 1. The van der Waals surface area contributed by atoms with Crippen LogP contribution in [0.4, 0.5) is 0 Å². The SMILES string of the molecule is C=CCOc1cccc(C(C(=O)O)n2ccc3[nH][nH]c(=O)c3c2=S)c1. The molecule has 1 atom stereocenters. The van der Waals surface area contributed by atoms with Crippen molar-refractivity contribution < 1.29 is 14.6 Å². The molecule has 1 unspecified atom stereocenters. The standard InChI is InChI=1S/C17H15N3O4S/c1-2-8-24-11-5-3-4-10(9-11)14(17(22)23)20-7-6-12-13(16(20)25)15(21)19-18-12/h2-7,9,14H,1,8H2,(H,22,23)(H2,18,19,21). The molecular formula is C17H15N3O4S. The number of nitrogens with one attached hydrogen (secondary N) is 2. The van der Waals surface area contributed by atoms with Crippen LogP contribution in [0, 0.1) is 4.64 Å². The second kappa shape index (κ2) is 6.78. The van der Waals surface area contributed by atoms with Gasteiger partial charge < -0.3 is 14.4 Å². The molecule has 0 aliphatic rings. The Bertz CT molecular complexity index is 1060. The number of rotatable bonds is 6. The summed E-state index contributed by atoms with van der Waals surface area (Å²) in [7, 11) is 0. The predicted molar refractivity (Wildman–Crippen MR) is 95.7 cm³/mol. The number of aliphatic carboxylic acids is 1. The third-order valence-electron chi connectivity index (χ3n) is 3.71. The number of pyridine rings is 1. The highest BCUT2D eigenvalue weighted by Gasteiger charge is 2.23. The van der Waals surface area contributed by atoms with Gasteiger partial charge in [0.05, 0.1) is 5.52 Å². The summed E-state index contributed by atoms with van der Waals surface area (Å²) in [5.74, 6) is -0.570. The first-order chi connectivity index (χ1) is 12.0. The van der Waals surface area contributed by atoms with Crippen molar-refractivity contribution in [2.24, 2.45) is 0 Å².